The normalized spacial score (nSPS) is 10.7. The van der Waals surface area contributed by atoms with Gasteiger partial charge in [0.15, 0.2) is 0 Å². The van der Waals surface area contributed by atoms with Crippen LogP contribution in [0.3, 0.4) is 0 Å². The highest BCUT2D eigenvalue weighted by atomic mass is 16.5. The Labute approximate surface area is 202 Å². The average molecular weight is 475 g/mol. The van der Waals surface area contributed by atoms with Crippen molar-refractivity contribution in [2.45, 2.75) is 0 Å². The van der Waals surface area contributed by atoms with Crippen LogP contribution in [0.25, 0.3) is 27.8 Å². The molecule has 8 nitrogen and oxygen atoms in total. The molecule has 0 aliphatic rings. The smallest absolute Gasteiger partial charge is 0.355 e. The molecule has 0 amide bonds. The van der Waals surface area contributed by atoms with Crippen molar-refractivity contribution in [2.75, 3.05) is 35.5 Å². The first-order valence-corrected chi connectivity index (χ1v) is 10.7. The van der Waals surface area contributed by atoms with Gasteiger partial charge < -0.3 is 28.1 Å². The van der Waals surface area contributed by atoms with Crippen molar-refractivity contribution in [3.05, 3.63) is 72.1 Å². The molecule has 0 bridgehead atoms. The number of benzene rings is 2. The zero-order chi connectivity index (χ0) is 25.1. The molecule has 0 radical (unpaired) electrons. The highest BCUT2D eigenvalue weighted by Crippen LogP contribution is 2.45. The number of ether oxygens (including phenoxy) is 5. The quantitative estimate of drug-likeness (QED) is 0.353. The Kier molecular flexibility index (Phi) is 6.64. The molecule has 4 aromatic rings. The maximum atomic E-state index is 13.2. The van der Waals surface area contributed by atoms with E-state index in [2.05, 4.69) is 0 Å². The molecular formula is C27H25NO7. The van der Waals surface area contributed by atoms with Gasteiger partial charge in [0.2, 0.25) is 0 Å². The molecule has 0 saturated carbocycles. The van der Waals surface area contributed by atoms with Crippen LogP contribution in [0.15, 0.2) is 60.8 Å². The summed E-state index contributed by atoms with van der Waals surface area (Å²) in [6, 6.07) is 16.3. The van der Waals surface area contributed by atoms with E-state index in [4.69, 9.17) is 23.7 Å². The van der Waals surface area contributed by atoms with E-state index in [1.54, 1.807) is 56.2 Å². The second kappa shape index (κ2) is 9.80. The lowest BCUT2D eigenvalue weighted by atomic mass is 9.94. The van der Waals surface area contributed by atoms with Gasteiger partial charge in [-0.3, -0.25) is 0 Å². The molecule has 0 aliphatic heterocycles. The van der Waals surface area contributed by atoms with Gasteiger partial charge in [-0.1, -0.05) is 12.1 Å². The highest BCUT2D eigenvalue weighted by Gasteiger charge is 2.28. The lowest BCUT2D eigenvalue weighted by Crippen LogP contribution is -2.09. The van der Waals surface area contributed by atoms with Gasteiger partial charge in [-0.05, 0) is 42.0 Å². The molecule has 0 atom stereocenters. The van der Waals surface area contributed by atoms with Crippen LogP contribution in [0.4, 0.5) is 0 Å². The third-order valence-corrected chi connectivity index (χ3v) is 5.79. The van der Waals surface area contributed by atoms with Crippen LogP contribution in [0.2, 0.25) is 0 Å². The predicted molar refractivity (Wildman–Crippen MR) is 131 cm³/mol. The summed E-state index contributed by atoms with van der Waals surface area (Å²) in [6.45, 7) is 0. The minimum Gasteiger partial charge on any atom is -0.497 e. The van der Waals surface area contributed by atoms with E-state index >= 15 is 0 Å². The van der Waals surface area contributed by atoms with Crippen LogP contribution in [0, 0.1) is 0 Å². The van der Waals surface area contributed by atoms with Gasteiger partial charge in [-0.2, -0.15) is 0 Å². The minimum absolute atomic E-state index is 0.238. The number of aromatic nitrogens is 1. The van der Waals surface area contributed by atoms with Gasteiger partial charge in [0.25, 0.3) is 0 Å². The highest BCUT2D eigenvalue weighted by molar-refractivity contribution is 6.08. The molecule has 0 N–H and O–H groups in total. The van der Waals surface area contributed by atoms with E-state index in [9.17, 15) is 9.59 Å². The summed E-state index contributed by atoms with van der Waals surface area (Å²) in [4.78, 5) is 25.5. The SMILES string of the molecule is COC(=O)c1ccc2c(-c3ccc(OC)cc3)c(-c3ccc(OC)cc3OC)c(C(=O)OC)n2c1. The Morgan fingerprint density at radius 1 is 0.686 bits per heavy atom. The van der Waals surface area contributed by atoms with E-state index in [1.807, 2.05) is 30.3 Å². The maximum Gasteiger partial charge on any atom is 0.355 e. The fourth-order valence-electron chi connectivity index (χ4n) is 4.11. The summed E-state index contributed by atoms with van der Waals surface area (Å²) in [6.07, 6.45) is 1.57. The summed E-state index contributed by atoms with van der Waals surface area (Å²) in [5.74, 6) is 0.712. The predicted octanol–water partition coefficient (Wildman–Crippen LogP) is 4.87. The first-order chi connectivity index (χ1) is 17.0. The largest absolute Gasteiger partial charge is 0.497 e. The Bertz CT molecular complexity index is 1400. The molecule has 0 unspecified atom stereocenters. The third kappa shape index (κ3) is 4.14. The molecule has 2 aromatic carbocycles. The van der Waals surface area contributed by atoms with Gasteiger partial charge in [-0.25, -0.2) is 9.59 Å². The van der Waals surface area contributed by atoms with Crippen molar-refractivity contribution >= 4 is 17.5 Å². The fraction of sp³-hybridized carbons (Fsp3) is 0.185. The number of carbonyl (C=O) groups is 2. The number of hydrogen-bond acceptors (Lipinski definition) is 7. The monoisotopic (exact) mass is 475 g/mol. The lowest BCUT2D eigenvalue weighted by molar-refractivity contribution is 0.0583. The molecule has 0 spiro atoms. The summed E-state index contributed by atoms with van der Waals surface area (Å²) in [7, 11) is 7.33. The summed E-state index contributed by atoms with van der Waals surface area (Å²) in [5.41, 5.74) is 4.05. The van der Waals surface area contributed by atoms with Gasteiger partial charge in [0.05, 0.1) is 46.6 Å². The summed E-state index contributed by atoms with van der Waals surface area (Å²) in [5, 5.41) is 0. The van der Waals surface area contributed by atoms with Crippen LogP contribution in [-0.4, -0.2) is 51.9 Å². The second-order valence-electron chi connectivity index (χ2n) is 7.55. The van der Waals surface area contributed by atoms with Crippen LogP contribution < -0.4 is 14.2 Å². The number of hydrogen-bond donors (Lipinski definition) is 0. The van der Waals surface area contributed by atoms with Crippen LogP contribution in [0.5, 0.6) is 17.2 Å². The average Bonchev–Trinajstić information content (AvgIpc) is 3.25. The number of pyridine rings is 1. The molecule has 2 heterocycles. The standard InChI is InChI=1S/C27H25NO7/c1-31-18-9-6-16(7-10-18)23-21-13-8-17(26(29)34-4)15-28(21)25(27(30)35-5)24(23)20-12-11-19(32-2)14-22(20)33-3/h6-15H,1-5H3. The number of methoxy groups -OCH3 is 5. The molecule has 180 valence electrons. The molecule has 0 fully saturated rings. The van der Waals surface area contributed by atoms with E-state index < -0.39 is 11.9 Å². The van der Waals surface area contributed by atoms with E-state index in [1.165, 1.54) is 14.2 Å². The molecular weight excluding hydrogens is 450 g/mol. The Morgan fingerprint density at radius 3 is 1.94 bits per heavy atom. The number of esters is 2. The van der Waals surface area contributed by atoms with Gasteiger partial charge >= 0.3 is 11.9 Å². The van der Waals surface area contributed by atoms with Crippen LogP contribution in [-0.2, 0) is 9.47 Å². The van der Waals surface area contributed by atoms with Crippen molar-refractivity contribution in [3.63, 3.8) is 0 Å². The molecule has 4 rings (SSSR count). The van der Waals surface area contributed by atoms with Crippen molar-refractivity contribution in [1.82, 2.24) is 4.40 Å². The number of fused-ring (bicyclic) bond motifs is 1. The zero-order valence-corrected chi connectivity index (χ0v) is 20.1. The first-order valence-electron chi connectivity index (χ1n) is 10.7. The second-order valence-corrected chi connectivity index (χ2v) is 7.55. The van der Waals surface area contributed by atoms with Gasteiger partial charge in [-0.15, -0.1) is 0 Å². The van der Waals surface area contributed by atoms with Crippen molar-refractivity contribution in [3.8, 4) is 39.5 Å². The first kappa shape index (κ1) is 23.7. The number of nitrogens with zero attached hydrogens (tertiary/aromatic N) is 1. The number of rotatable bonds is 7. The Hall–Kier alpha value is -4.46. The molecule has 2 aromatic heterocycles. The van der Waals surface area contributed by atoms with Gasteiger partial charge in [0.1, 0.15) is 22.9 Å². The van der Waals surface area contributed by atoms with Crippen LogP contribution in [0.1, 0.15) is 20.8 Å². The fourth-order valence-corrected chi connectivity index (χ4v) is 4.11. The van der Waals surface area contributed by atoms with Crippen molar-refractivity contribution in [2.24, 2.45) is 0 Å². The van der Waals surface area contributed by atoms with Gasteiger partial charge in [0, 0.05) is 29.0 Å². The Balaban J connectivity index is 2.16. The molecule has 0 aliphatic carbocycles. The molecule has 35 heavy (non-hydrogen) atoms. The van der Waals surface area contributed by atoms with E-state index in [-0.39, 0.29) is 11.3 Å². The topological polar surface area (TPSA) is 84.7 Å². The summed E-state index contributed by atoms with van der Waals surface area (Å²) >= 11 is 0. The Morgan fingerprint density at radius 2 is 1.34 bits per heavy atom. The minimum atomic E-state index is -0.574. The van der Waals surface area contributed by atoms with Crippen molar-refractivity contribution < 1.29 is 33.3 Å². The molecule has 0 saturated heterocycles. The van der Waals surface area contributed by atoms with E-state index in [0.717, 1.165) is 11.1 Å². The van der Waals surface area contributed by atoms with Crippen molar-refractivity contribution in [1.29, 1.82) is 0 Å². The molecule has 8 heteroatoms. The van der Waals surface area contributed by atoms with Crippen LogP contribution >= 0.6 is 0 Å². The maximum absolute atomic E-state index is 13.2. The summed E-state index contributed by atoms with van der Waals surface area (Å²) < 4.78 is 28.1. The third-order valence-electron chi connectivity index (χ3n) is 5.79. The van der Waals surface area contributed by atoms with E-state index in [0.29, 0.717) is 33.9 Å². The number of carbonyl (C=O) groups excluding carboxylic acids is 2. The lowest BCUT2D eigenvalue weighted by Gasteiger charge is -2.13. The zero-order valence-electron chi connectivity index (χ0n) is 20.1.